The molecule has 0 atom stereocenters. The van der Waals surface area contributed by atoms with E-state index in [1.54, 1.807) is 7.05 Å². The van der Waals surface area contributed by atoms with Gasteiger partial charge < -0.3 is 15.2 Å². The highest BCUT2D eigenvalue weighted by molar-refractivity contribution is 5.84. The largest absolute Gasteiger partial charge is 0.359 e. The molecule has 1 heterocycles. The van der Waals surface area contributed by atoms with E-state index >= 15 is 0 Å². The Morgan fingerprint density at radius 2 is 2.15 bits per heavy atom. The van der Waals surface area contributed by atoms with Crippen molar-refractivity contribution >= 4 is 16.8 Å². The van der Waals surface area contributed by atoms with Crippen molar-refractivity contribution in [2.24, 2.45) is 0 Å². The summed E-state index contributed by atoms with van der Waals surface area (Å²) in [6.45, 7) is 4.82. The summed E-state index contributed by atoms with van der Waals surface area (Å²) in [7, 11) is 1.67. The third-order valence-electron chi connectivity index (χ3n) is 3.50. The third kappa shape index (κ3) is 3.39. The fourth-order valence-electron chi connectivity index (χ4n) is 2.38. The first-order chi connectivity index (χ1) is 9.76. The van der Waals surface area contributed by atoms with Gasteiger partial charge in [0.2, 0.25) is 5.91 Å². The predicted molar refractivity (Wildman–Crippen MR) is 82.6 cm³/mol. The zero-order chi connectivity index (χ0) is 14.4. The number of fused-ring (bicyclic) bond motifs is 1. The molecule has 0 radical (unpaired) electrons. The van der Waals surface area contributed by atoms with Crippen molar-refractivity contribution < 1.29 is 4.79 Å². The Morgan fingerprint density at radius 1 is 1.30 bits per heavy atom. The maximum absolute atomic E-state index is 11.3. The maximum Gasteiger partial charge on any atom is 0.221 e. The number of carbonyl (C=O) groups is 1. The minimum Gasteiger partial charge on any atom is -0.359 e. The normalized spacial score (nSPS) is 10.9. The van der Waals surface area contributed by atoms with E-state index in [4.69, 9.17) is 0 Å². The fraction of sp³-hybridized carbons (Fsp3) is 0.438. The van der Waals surface area contributed by atoms with E-state index < -0.39 is 0 Å². The smallest absolute Gasteiger partial charge is 0.221 e. The number of carbonyl (C=O) groups excluding carboxylic acids is 1. The van der Waals surface area contributed by atoms with Gasteiger partial charge in [-0.2, -0.15) is 0 Å². The van der Waals surface area contributed by atoms with Crippen LogP contribution in [0.5, 0.6) is 0 Å². The van der Waals surface area contributed by atoms with Crippen molar-refractivity contribution in [2.45, 2.75) is 32.9 Å². The highest BCUT2D eigenvalue weighted by Gasteiger charge is 2.06. The molecule has 4 nitrogen and oxygen atoms in total. The van der Waals surface area contributed by atoms with Gasteiger partial charge in [0.1, 0.15) is 0 Å². The molecule has 1 aromatic carbocycles. The molecule has 2 N–H and O–H groups in total. The zero-order valence-electron chi connectivity index (χ0n) is 12.3. The van der Waals surface area contributed by atoms with Crippen molar-refractivity contribution in [1.29, 1.82) is 0 Å². The number of rotatable bonds is 7. The average Bonchev–Trinajstić information content (AvgIpc) is 2.89. The van der Waals surface area contributed by atoms with E-state index in [0.29, 0.717) is 6.42 Å². The van der Waals surface area contributed by atoms with Gasteiger partial charge in [-0.25, -0.2) is 0 Å². The number of nitrogens with zero attached hydrogens (tertiary/aromatic N) is 1. The lowest BCUT2D eigenvalue weighted by atomic mass is 10.1. The minimum absolute atomic E-state index is 0.0765. The molecule has 2 aromatic rings. The van der Waals surface area contributed by atoms with Gasteiger partial charge in [-0.1, -0.05) is 19.1 Å². The van der Waals surface area contributed by atoms with Crippen LogP contribution in [0.1, 0.15) is 25.3 Å². The molecule has 0 fully saturated rings. The van der Waals surface area contributed by atoms with Crippen LogP contribution in [-0.4, -0.2) is 24.1 Å². The Balaban J connectivity index is 2.14. The number of nitrogens with one attached hydrogen (secondary N) is 2. The van der Waals surface area contributed by atoms with Crippen molar-refractivity contribution in [3.05, 3.63) is 36.0 Å². The highest BCUT2D eigenvalue weighted by atomic mass is 16.1. The number of benzene rings is 1. The molecule has 0 aliphatic heterocycles. The third-order valence-corrected chi connectivity index (χ3v) is 3.50. The molecule has 1 aromatic heterocycles. The van der Waals surface area contributed by atoms with Crippen molar-refractivity contribution in [3.8, 4) is 0 Å². The monoisotopic (exact) mass is 273 g/mol. The number of hydrogen-bond acceptors (Lipinski definition) is 2. The van der Waals surface area contributed by atoms with E-state index in [0.717, 1.165) is 26.1 Å². The Hall–Kier alpha value is -1.81. The predicted octanol–water partition coefficient (Wildman–Crippen LogP) is 2.28. The molecular formula is C16H23N3O. The molecule has 4 heteroatoms. The summed E-state index contributed by atoms with van der Waals surface area (Å²) < 4.78 is 2.15. The summed E-state index contributed by atoms with van der Waals surface area (Å²) in [6.07, 6.45) is 3.72. The summed E-state index contributed by atoms with van der Waals surface area (Å²) in [5.41, 5.74) is 2.51. The summed E-state index contributed by atoms with van der Waals surface area (Å²) in [5, 5.41) is 7.37. The van der Waals surface area contributed by atoms with Gasteiger partial charge in [0.05, 0.1) is 0 Å². The van der Waals surface area contributed by atoms with Gasteiger partial charge >= 0.3 is 0 Å². The van der Waals surface area contributed by atoms with E-state index in [9.17, 15) is 4.79 Å². The van der Waals surface area contributed by atoms with Crippen molar-refractivity contribution in [2.75, 3.05) is 13.6 Å². The van der Waals surface area contributed by atoms with Crippen molar-refractivity contribution in [3.63, 3.8) is 0 Å². The Labute approximate surface area is 120 Å². The molecule has 0 aliphatic rings. The summed E-state index contributed by atoms with van der Waals surface area (Å²) in [6, 6.07) is 8.50. The standard InChI is InChI=1S/C16H23N3O/c1-3-9-18-12-13-5-4-6-15-14(13)7-10-19(15)11-8-16(20)17-2/h4-7,10,18H,3,8-9,11-12H2,1-2H3,(H,17,20). The molecule has 2 rings (SSSR count). The molecule has 1 amide bonds. The first-order valence-corrected chi connectivity index (χ1v) is 7.24. The molecule has 0 spiro atoms. The minimum atomic E-state index is 0.0765. The van der Waals surface area contributed by atoms with Crippen LogP contribution in [0.4, 0.5) is 0 Å². The quantitative estimate of drug-likeness (QED) is 0.760. The highest BCUT2D eigenvalue weighted by Crippen LogP contribution is 2.20. The summed E-state index contributed by atoms with van der Waals surface area (Å²) in [4.78, 5) is 11.3. The first-order valence-electron chi connectivity index (χ1n) is 7.24. The number of amides is 1. The van der Waals surface area contributed by atoms with Gasteiger partial charge in [0.15, 0.2) is 0 Å². The number of hydrogen-bond donors (Lipinski definition) is 2. The Morgan fingerprint density at radius 3 is 2.90 bits per heavy atom. The van der Waals surface area contributed by atoms with Gasteiger partial charge in [0.25, 0.3) is 0 Å². The maximum atomic E-state index is 11.3. The average molecular weight is 273 g/mol. The van der Waals surface area contributed by atoms with E-state index in [-0.39, 0.29) is 5.91 Å². The second kappa shape index (κ2) is 7.10. The number of aryl methyl sites for hydroxylation is 1. The summed E-state index contributed by atoms with van der Waals surface area (Å²) >= 11 is 0. The van der Waals surface area contributed by atoms with Crippen LogP contribution < -0.4 is 10.6 Å². The lowest BCUT2D eigenvalue weighted by Crippen LogP contribution is -2.19. The fourth-order valence-corrected chi connectivity index (χ4v) is 2.38. The molecule has 0 aliphatic carbocycles. The number of aromatic nitrogens is 1. The topological polar surface area (TPSA) is 46.1 Å². The molecule has 0 saturated carbocycles. The van der Waals surface area contributed by atoms with E-state index in [2.05, 4.69) is 52.6 Å². The molecule has 0 unspecified atom stereocenters. The lowest BCUT2D eigenvalue weighted by molar-refractivity contribution is -0.120. The van der Waals surface area contributed by atoms with Crippen LogP contribution in [0.25, 0.3) is 10.9 Å². The Bertz CT molecular complexity index is 574. The molecular weight excluding hydrogens is 250 g/mol. The van der Waals surface area contributed by atoms with Crippen LogP contribution in [0, 0.1) is 0 Å². The van der Waals surface area contributed by atoms with E-state index in [1.807, 2.05) is 0 Å². The van der Waals surface area contributed by atoms with Gasteiger partial charge in [-0.15, -0.1) is 0 Å². The van der Waals surface area contributed by atoms with Gasteiger partial charge in [0, 0.05) is 43.7 Å². The lowest BCUT2D eigenvalue weighted by Gasteiger charge is -2.08. The Kier molecular flexibility index (Phi) is 5.18. The van der Waals surface area contributed by atoms with Gasteiger partial charge in [-0.3, -0.25) is 4.79 Å². The van der Waals surface area contributed by atoms with Crippen LogP contribution in [-0.2, 0) is 17.9 Å². The molecule has 0 saturated heterocycles. The van der Waals surface area contributed by atoms with Gasteiger partial charge in [-0.05, 0) is 30.7 Å². The van der Waals surface area contributed by atoms with Crippen LogP contribution in [0.2, 0.25) is 0 Å². The molecule has 20 heavy (non-hydrogen) atoms. The van der Waals surface area contributed by atoms with Crippen molar-refractivity contribution in [1.82, 2.24) is 15.2 Å². The first kappa shape index (κ1) is 14.6. The van der Waals surface area contributed by atoms with Crippen LogP contribution in [0.3, 0.4) is 0 Å². The summed E-state index contributed by atoms with van der Waals surface area (Å²) in [5.74, 6) is 0.0765. The van der Waals surface area contributed by atoms with Crippen LogP contribution >= 0.6 is 0 Å². The molecule has 0 bridgehead atoms. The zero-order valence-corrected chi connectivity index (χ0v) is 12.3. The molecule has 108 valence electrons. The van der Waals surface area contributed by atoms with E-state index in [1.165, 1.54) is 16.5 Å². The second-order valence-electron chi connectivity index (χ2n) is 4.96. The second-order valence-corrected chi connectivity index (χ2v) is 4.96. The SMILES string of the molecule is CCCNCc1cccc2c1ccn2CCC(=O)NC. The van der Waals surface area contributed by atoms with Crippen LogP contribution in [0.15, 0.2) is 30.5 Å².